The topological polar surface area (TPSA) is 94.3 Å². The Kier molecular flexibility index (Phi) is 3.78. The molecule has 0 atom stereocenters. The first-order chi connectivity index (χ1) is 10.7. The van der Waals surface area contributed by atoms with Gasteiger partial charge in [-0.2, -0.15) is 0 Å². The first-order valence-electron chi connectivity index (χ1n) is 6.42. The molecule has 1 N–H and O–H groups in total. The van der Waals surface area contributed by atoms with Crippen LogP contribution >= 0.6 is 0 Å². The molecule has 0 aliphatic heterocycles. The maximum Gasteiger partial charge on any atom is 0.338 e. The van der Waals surface area contributed by atoms with Crippen molar-refractivity contribution in [1.29, 1.82) is 0 Å². The molecule has 2 heterocycles. The number of anilines is 1. The molecule has 1 aromatic carbocycles. The molecule has 0 bridgehead atoms. The summed E-state index contributed by atoms with van der Waals surface area (Å²) in [6, 6.07) is 8.10. The number of hydrogen-bond donors (Lipinski definition) is 1. The van der Waals surface area contributed by atoms with Gasteiger partial charge in [-0.25, -0.2) is 9.78 Å². The van der Waals surface area contributed by atoms with Crippen molar-refractivity contribution in [1.82, 2.24) is 9.97 Å². The Bertz CT molecular complexity index is 814. The summed E-state index contributed by atoms with van der Waals surface area (Å²) in [5.41, 5.74) is 1.95. The van der Waals surface area contributed by atoms with Gasteiger partial charge >= 0.3 is 5.97 Å². The number of fused-ring (bicyclic) bond motifs is 1. The van der Waals surface area contributed by atoms with E-state index in [1.807, 2.05) is 0 Å². The second-order valence-electron chi connectivity index (χ2n) is 4.40. The lowest BCUT2D eigenvalue weighted by molar-refractivity contribution is -0.119. The number of amides is 1. The highest BCUT2D eigenvalue weighted by Crippen LogP contribution is 2.15. The summed E-state index contributed by atoms with van der Waals surface area (Å²) in [6.45, 7) is -0.387. The van der Waals surface area contributed by atoms with Gasteiger partial charge in [0, 0.05) is 6.20 Å². The number of pyridine rings is 1. The average Bonchev–Trinajstić information content (AvgIpc) is 3.01. The molecule has 0 saturated carbocycles. The molecule has 0 spiro atoms. The molecule has 3 rings (SSSR count). The second kappa shape index (κ2) is 6.04. The fourth-order valence-electron chi connectivity index (χ4n) is 1.83. The highest BCUT2D eigenvalue weighted by atomic mass is 16.5. The zero-order chi connectivity index (χ0) is 15.4. The third-order valence-corrected chi connectivity index (χ3v) is 2.85. The molecule has 7 nitrogen and oxygen atoms in total. The van der Waals surface area contributed by atoms with Gasteiger partial charge in [0.2, 0.25) is 0 Å². The van der Waals surface area contributed by atoms with Crippen molar-refractivity contribution < 1.29 is 18.7 Å². The number of carbonyl (C=O) groups is 2. The minimum Gasteiger partial charge on any atom is -0.452 e. The zero-order valence-electron chi connectivity index (χ0n) is 11.4. The molecule has 110 valence electrons. The predicted octanol–water partition coefficient (Wildman–Crippen LogP) is 2.02. The van der Waals surface area contributed by atoms with Crippen LogP contribution in [-0.2, 0) is 9.53 Å². The molecule has 22 heavy (non-hydrogen) atoms. The van der Waals surface area contributed by atoms with E-state index in [1.54, 1.807) is 30.5 Å². The Morgan fingerprint density at radius 1 is 1.27 bits per heavy atom. The van der Waals surface area contributed by atoms with Crippen molar-refractivity contribution in [2.75, 3.05) is 11.9 Å². The number of carbonyl (C=O) groups excluding carboxylic acids is 2. The molecule has 0 saturated heterocycles. The first kappa shape index (κ1) is 13.7. The fraction of sp³-hybridized carbons (Fsp3) is 0.0667. The van der Waals surface area contributed by atoms with Gasteiger partial charge in [0.1, 0.15) is 5.52 Å². The number of esters is 1. The molecule has 0 fully saturated rings. The van der Waals surface area contributed by atoms with Crippen molar-refractivity contribution >= 4 is 28.7 Å². The summed E-state index contributed by atoms with van der Waals surface area (Å²) in [5, 5.41) is 2.57. The van der Waals surface area contributed by atoms with Crippen LogP contribution in [0.4, 0.5) is 5.69 Å². The Hall–Kier alpha value is -3.22. The van der Waals surface area contributed by atoms with E-state index >= 15 is 0 Å². The van der Waals surface area contributed by atoms with Gasteiger partial charge in [-0.15, -0.1) is 0 Å². The number of hydrogen-bond acceptors (Lipinski definition) is 6. The number of ether oxygens (including phenoxy) is 1. The highest BCUT2D eigenvalue weighted by molar-refractivity contribution is 5.96. The summed E-state index contributed by atoms with van der Waals surface area (Å²) in [5.74, 6) is -1.05. The van der Waals surface area contributed by atoms with Crippen LogP contribution in [0.2, 0.25) is 0 Å². The van der Waals surface area contributed by atoms with Gasteiger partial charge in [0.15, 0.2) is 18.6 Å². The quantitative estimate of drug-likeness (QED) is 0.740. The van der Waals surface area contributed by atoms with Crippen LogP contribution in [0.3, 0.4) is 0 Å². The summed E-state index contributed by atoms with van der Waals surface area (Å²) >= 11 is 0. The van der Waals surface area contributed by atoms with E-state index in [-0.39, 0.29) is 6.61 Å². The van der Waals surface area contributed by atoms with E-state index in [1.165, 1.54) is 18.7 Å². The minimum atomic E-state index is -0.611. The number of oxazole rings is 1. The SMILES string of the molecule is O=C(COC(=O)c1ccc2ncoc2c1)Nc1cccnc1. The number of nitrogens with one attached hydrogen (secondary N) is 1. The number of rotatable bonds is 4. The van der Waals surface area contributed by atoms with Crippen molar-refractivity contribution in [2.45, 2.75) is 0 Å². The molecule has 0 unspecified atom stereocenters. The summed E-state index contributed by atoms with van der Waals surface area (Å²) in [7, 11) is 0. The monoisotopic (exact) mass is 297 g/mol. The van der Waals surface area contributed by atoms with E-state index in [2.05, 4.69) is 15.3 Å². The van der Waals surface area contributed by atoms with Gasteiger partial charge in [-0.3, -0.25) is 9.78 Å². The van der Waals surface area contributed by atoms with Crippen molar-refractivity contribution in [3.8, 4) is 0 Å². The van der Waals surface area contributed by atoms with Crippen LogP contribution in [-0.4, -0.2) is 28.5 Å². The number of benzene rings is 1. The van der Waals surface area contributed by atoms with Crippen LogP contribution < -0.4 is 5.32 Å². The predicted molar refractivity (Wildman–Crippen MR) is 77.2 cm³/mol. The molecule has 0 aliphatic rings. The number of nitrogens with zero attached hydrogens (tertiary/aromatic N) is 2. The van der Waals surface area contributed by atoms with E-state index in [4.69, 9.17) is 9.15 Å². The summed E-state index contributed by atoms with van der Waals surface area (Å²) in [4.78, 5) is 31.4. The molecular weight excluding hydrogens is 286 g/mol. The Labute approximate surface area is 124 Å². The fourth-order valence-corrected chi connectivity index (χ4v) is 1.83. The lowest BCUT2D eigenvalue weighted by Gasteiger charge is -2.06. The summed E-state index contributed by atoms with van der Waals surface area (Å²) in [6.07, 6.45) is 4.38. The van der Waals surface area contributed by atoms with Crippen LogP contribution in [0.15, 0.2) is 53.5 Å². The highest BCUT2D eigenvalue weighted by Gasteiger charge is 2.12. The molecule has 1 amide bonds. The molecular formula is C15H11N3O4. The second-order valence-corrected chi connectivity index (χ2v) is 4.40. The standard InChI is InChI=1S/C15H11N3O4/c19-14(18-11-2-1-5-16-7-11)8-21-15(20)10-3-4-12-13(6-10)22-9-17-12/h1-7,9H,8H2,(H,18,19). The third-order valence-electron chi connectivity index (χ3n) is 2.85. The van der Waals surface area contributed by atoms with Crippen molar-refractivity contribution in [2.24, 2.45) is 0 Å². The third kappa shape index (κ3) is 3.09. The Morgan fingerprint density at radius 3 is 3.00 bits per heavy atom. The molecule has 0 aliphatic carbocycles. The van der Waals surface area contributed by atoms with Gasteiger partial charge in [0.05, 0.1) is 17.4 Å². The summed E-state index contributed by atoms with van der Waals surface area (Å²) < 4.78 is 10.1. The maximum atomic E-state index is 11.9. The Balaban J connectivity index is 1.58. The molecule has 2 aromatic heterocycles. The minimum absolute atomic E-state index is 0.290. The molecule has 0 radical (unpaired) electrons. The number of aromatic nitrogens is 2. The van der Waals surface area contributed by atoms with Gasteiger partial charge in [0.25, 0.3) is 5.91 Å². The zero-order valence-corrected chi connectivity index (χ0v) is 11.4. The van der Waals surface area contributed by atoms with Gasteiger partial charge < -0.3 is 14.5 Å². The van der Waals surface area contributed by atoms with E-state index in [9.17, 15) is 9.59 Å². The van der Waals surface area contributed by atoms with E-state index < -0.39 is 11.9 Å². The van der Waals surface area contributed by atoms with Crippen LogP contribution in [0.1, 0.15) is 10.4 Å². The lowest BCUT2D eigenvalue weighted by Crippen LogP contribution is -2.20. The van der Waals surface area contributed by atoms with Gasteiger partial charge in [-0.1, -0.05) is 0 Å². The van der Waals surface area contributed by atoms with E-state index in [0.29, 0.717) is 22.4 Å². The largest absolute Gasteiger partial charge is 0.452 e. The average molecular weight is 297 g/mol. The molecule has 7 heteroatoms. The van der Waals surface area contributed by atoms with Crippen molar-refractivity contribution in [3.05, 3.63) is 54.7 Å². The maximum absolute atomic E-state index is 11.9. The smallest absolute Gasteiger partial charge is 0.338 e. The van der Waals surface area contributed by atoms with E-state index in [0.717, 1.165) is 0 Å². The van der Waals surface area contributed by atoms with Crippen LogP contribution in [0, 0.1) is 0 Å². The van der Waals surface area contributed by atoms with Gasteiger partial charge in [-0.05, 0) is 30.3 Å². The first-order valence-corrected chi connectivity index (χ1v) is 6.42. The van der Waals surface area contributed by atoms with Crippen molar-refractivity contribution in [3.63, 3.8) is 0 Å². The van der Waals surface area contributed by atoms with Crippen LogP contribution in [0.5, 0.6) is 0 Å². The Morgan fingerprint density at radius 2 is 2.18 bits per heavy atom. The normalized spacial score (nSPS) is 10.4. The lowest BCUT2D eigenvalue weighted by atomic mass is 10.2. The van der Waals surface area contributed by atoms with Crippen LogP contribution in [0.25, 0.3) is 11.1 Å². The molecule has 3 aromatic rings.